The van der Waals surface area contributed by atoms with Crippen molar-refractivity contribution in [1.82, 2.24) is 0 Å². The Hall–Kier alpha value is -2.44. The van der Waals surface area contributed by atoms with Crippen molar-refractivity contribution in [2.24, 2.45) is 0 Å². The zero-order chi connectivity index (χ0) is 19.3. The lowest BCUT2D eigenvalue weighted by molar-refractivity contribution is 0.140. The van der Waals surface area contributed by atoms with E-state index in [0.29, 0.717) is 0 Å². The van der Waals surface area contributed by atoms with Crippen molar-refractivity contribution >= 4 is 31.1 Å². The van der Waals surface area contributed by atoms with Gasteiger partial charge in [0.15, 0.2) is 0 Å². The monoisotopic (exact) mass is 379 g/mol. The molecule has 3 aromatic rings. The minimum absolute atomic E-state index is 0.927. The van der Waals surface area contributed by atoms with Crippen molar-refractivity contribution < 1.29 is 13.3 Å². The Bertz CT molecular complexity index is 839. The highest BCUT2D eigenvalue weighted by Gasteiger charge is 2.40. The Morgan fingerprint density at radius 3 is 1.52 bits per heavy atom. The van der Waals surface area contributed by atoms with Crippen LogP contribution in [0.25, 0.3) is 0 Å². The third-order valence-electron chi connectivity index (χ3n) is 4.59. The van der Waals surface area contributed by atoms with Gasteiger partial charge in [-0.15, -0.1) is 0 Å². The van der Waals surface area contributed by atoms with Gasteiger partial charge in [0, 0.05) is 43.6 Å². The van der Waals surface area contributed by atoms with Crippen LogP contribution in [0.1, 0.15) is 5.56 Å². The van der Waals surface area contributed by atoms with Gasteiger partial charge in [-0.25, -0.2) is 0 Å². The van der Waals surface area contributed by atoms with Crippen molar-refractivity contribution in [2.75, 3.05) is 26.2 Å². The first-order valence-electron chi connectivity index (χ1n) is 8.81. The summed E-state index contributed by atoms with van der Waals surface area (Å²) >= 11 is 0. The van der Waals surface area contributed by atoms with E-state index in [1.807, 2.05) is 30.3 Å². The van der Waals surface area contributed by atoms with E-state index in [-0.39, 0.29) is 0 Å². The second kappa shape index (κ2) is 8.50. The number of hydrogen-bond acceptors (Lipinski definition) is 4. The summed E-state index contributed by atoms with van der Waals surface area (Å²) in [6.45, 7) is 2.09. The number of benzene rings is 3. The van der Waals surface area contributed by atoms with Gasteiger partial charge in [-0.2, -0.15) is 0 Å². The number of aryl methyl sites for hydroxylation is 1. The lowest BCUT2D eigenvalue weighted by Gasteiger charge is -2.27. The van der Waals surface area contributed by atoms with E-state index >= 15 is 0 Å². The molecule has 0 heterocycles. The van der Waals surface area contributed by atoms with E-state index in [0.717, 1.165) is 22.2 Å². The van der Waals surface area contributed by atoms with Crippen molar-refractivity contribution in [3.8, 4) is 0 Å². The molecule has 0 aliphatic carbocycles. The zero-order valence-corrected chi connectivity index (χ0v) is 17.2. The molecule has 27 heavy (non-hydrogen) atoms. The molecule has 3 aromatic carbocycles. The Kier molecular flexibility index (Phi) is 6.08. The van der Waals surface area contributed by atoms with E-state index in [1.165, 1.54) is 5.56 Å². The number of rotatable bonds is 7. The lowest BCUT2D eigenvalue weighted by Crippen LogP contribution is -2.54. The first-order chi connectivity index (χ1) is 13.1. The maximum atomic E-state index is 5.59. The molecule has 0 bridgehead atoms. The van der Waals surface area contributed by atoms with Gasteiger partial charge in [-0.1, -0.05) is 48.0 Å². The molecule has 0 aliphatic heterocycles. The fraction of sp³-hybridized carbons (Fsp3) is 0.182. The van der Waals surface area contributed by atoms with Crippen molar-refractivity contribution in [3.05, 3.63) is 84.4 Å². The summed E-state index contributed by atoms with van der Waals surface area (Å²) in [6.07, 6.45) is 0. The molecule has 0 aliphatic rings. The molecule has 0 fully saturated rings. The third-order valence-corrected chi connectivity index (χ3v) is 7.24. The van der Waals surface area contributed by atoms with Crippen molar-refractivity contribution in [1.29, 1.82) is 0 Å². The van der Waals surface area contributed by atoms with Gasteiger partial charge >= 0.3 is 8.80 Å². The van der Waals surface area contributed by atoms with Crippen LogP contribution in [0, 0.1) is 6.92 Å². The van der Waals surface area contributed by atoms with Crippen LogP contribution in [0.5, 0.6) is 0 Å². The van der Waals surface area contributed by atoms with Crippen LogP contribution in [0.2, 0.25) is 0 Å². The van der Waals surface area contributed by atoms with Gasteiger partial charge in [0.1, 0.15) is 0 Å². The van der Waals surface area contributed by atoms with Crippen LogP contribution in [-0.2, 0) is 13.3 Å². The standard InChI is InChI=1S/C22H25NO3Si/c1-18-10-12-20(13-11-18)23(19-8-6-5-7-9-19)21-14-16-22(17-15-21)27(24-2,25-3)26-4/h5-17H,1-4H3. The predicted molar refractivity (Wildman–Crippen MR) is 112 cm³/mol. The minimum Gasteiger partial charge on any atom is -0.373 e. The van der Waals surface area contributed by atoms with Crippen LogP contribution < -0.4 is 10.1 Å². The number of anilines is 3. The normalized spacial score (nSPS) is 11.4. The Morgan fingerprint density at radius 1 is 0.593 bits per heavy atom. The maximum absolute atomic E-state index is 5.59. The molecule has 0 unspecified atom stereocenters. The highest BCUT2D eigenvalue weighted by Crippen LogP contribution is 2.34. The second-order valence-corrected chi connectivity index (χ2v) is 9.14. The third kappa shape index (κ3) is 3.96. The molecule has 0 amide bonds. The molecule has 5 heteroatoms. The van der Waals surface area contributed by atoms with Crippen LogP contribution in [0.15, 0.2) is 78.9 Å². The number of nitrogens with zero attached hydrogens (tertiary/aromatic N) is 1. The Balaban J connectivity index is 2.04. The molecule has 3 rings (SSSR count). The van der Waals surface area contributed by atoms with E-state index < -0.39 is 8.80 Å². The summed E-state index contributed by atoms with van der Waals surface area (Å²) in [7, 11) is 2.03. The van der Waals surface area contributed by atoms with Crippen LogP contribution in [-0.4, -0.2) is 30.1 Å². The van der Waals surface area contributed by atoms with E-state index in [1.54, 1.807) is 21.3 Å². The maximum Gasteiger partial charge on any atom is 0.536 e. The van der Waals surface area contributed by atoms with Crippen LogP contribution in [0.3, 0.4) is 0 Å². The lowest BCUT2D eigenvalue weighted by atomic mass is 10.1. The van der Waals surface area contributed by atoms with Gasteiger partial charge in [-0.3, -0.25) is 0 Å². The van der Waals surface area contributed by atoms with Gasteiger partial charge in [-0.05, 0) is 43.3 Å². The minimum atomic E-state index is -2.84. The van der Waals surface area contributed by atoms with Crippen molar-refractivity contribution in [2.45, 2.75) is 6.92 Å². The van der Waals surface area contributed by atoms with Crippen molar-refractivity contribution in [3.63, 3.8) is 0 Å². The number of para-hydroxylation sites is 1. The highest BCUT2D eigenvalue weighted by atomic mass is 28.4. The summed E-state index contributed by atoms with van der Waals surface area (Å²) in [5, 5.41) is 0.927. The number of hydrogen-bond donors (Lipinski definition) is 0. The molecule has 0 spiro atoms. The predicted octanol–water partition coefficient (Wildman–Crippen LogP) is 4.55. The van der Waals surface area contributed by atoms with Gasteiger partial charge in [0.05, 0.1) is 0 Å². The topological polar surface area (TPSA) is 30.9 Å². The van der Waals surface area contributed by atoms with Gasteiger partial charge < -0.3 is 18.2 Å². The second-order valence-electron chi connectivity index (χ2n) is 6.22. The summed E-state index contributed by atoms with van der Waals surface area (Å²) < 4.78 is 16.8. The summed E-state index contributed by atoms with van der Waals surface area (Å²) in [4.78, 5) is 2.22. The molecular formula is C22H25NO3Si. The quantitative estimate of drug-likeness (QED) is 0.564. The van der Waals surface area contributed by atoms with Crippen LogP contribution in [0.4, 0.5) is 17.1 Å². The molecular weight excluding hydrogens is 354 g/mol. The SMILES string of the molecule is CO[Si](OC)(OC)c1ccc(N(c2ccccc2)c2ccc(C)cc2)cc1. The average Bonchev–Trinajstić information content (AvgIpc) is 2.73. The van der Waals surface area contributed by atoms with Crippen LogP contribution >= 0.6 is 0 Å². The van der Waals surface area contributed by atoms with E-state index in [9.17, 15) is 0 Å². The van der Waals surface area contributed by atoms with Gasteiger partial charge in [0.25, 0.3) is 0 Å². The fourth-order valence-electron chi connectivity index (χ4n) is 3.14. The average molecular weight is 380 g/mol. The van der Waals surface area contributed by atoms with Gasteiger partial charge in [0.2, 0.25) is 0 Å². The molecule has 0 saturated carbocycles. The molecule has 0 N–H and O–H groups in total. The largest absolute Gasteiger partial charge is 0.536 e. The molecule has 0 aromatic heterocycles. The summed E-state index contributed by atoms with van der Waals surface area (Å²) in [6, 6.07) is 27.0. The highest BCUT2D eigenvalue weighted by molar-refractivity contribution is 6.75. The molecule has 0 saturated heterocycles. The first-order valence-corrected chi connectivity index (χ1v) is 10.5. The molecule has 0 radical (unpaired) electrons. The fourth-order valence-corrected chi connectivity index (χ4v) is 4.92. The summed E-state index contributed by atoms with van der Waals surface area (Å²) in [5.74, 6) is 0. The molecule has 140 valence electrons. The smallest absolute Gasteiger partial charge is 0.373 e. The summed E-state index contributed by atoms with van der Waals surface area (Å²) in [5.41, 5.74) is 4.49. The molecule has 4 nitrogen and oxygen atoms in total. The molecule has 0 atom stereocenters. The first kappa shape index (κ1) is 19.3. The zero-order valence-electron chi connectivity index (χ0n) is 16.2. The van der Waals surface area contributed by atoms with E-state index in [4.69, 9.17) is 13.3 Å². The Morgan fingerprint density at radius 2 is 1.04 bits per heavy atom. The van der Waals surface area contributed by atoms with E-state index in [2.05, 4.69) is 60.4 Å². The Labute approximate surface area is 162 Å².